The maximum atomic E-state index is 11.0. The van der Waals surface area contributed by atoms with Gasteiger partial charge < -0.3 is 10.1 Å². The lowest BCUT2D eigenvalue weighted by atomic mass is 10.1. The zero-order valence-electron chi connectivity index (χ0n) is 9.73. The molecule has 17 heavy (non-hydrogen) atoms. The highest BCUT2D eigenvalue weighted by Gasteiger charge is 2.11. The Labute approximate surface area is 98.7 Å². The van der Waals surface area contributed by atoms with Crippen molar-refractivity contribution in [2.45, 2.75) is 20.4 Å². The summed E-state index contributed by atoms with van der Waals surface area (Å²) >= 11 is 0. The number of nitrogens with one attached hydrogen (secondary N) is 1. The first-order chi connectivity index (χ1) is 8.04. The van der Waals surface area contributed by atoms with Crippen molar-refractivity contribution in [3.05, 3.63) is 39.4 Å². The van der Waals surface area contributed by atoms with Crippen LogP contribution in [0, 0.1) is 17.0 Å². The van der Waals surface area contributed by atoms with Crippen molar-refractivity contribution in [3.8, 4) is 0 Å². The second-order valence-corrected chi connectivity index (χ2v) is 3.45. The summed E-state index contributed by atoms with van der Waals surface area (Å²) in [5, 5.41) is 13.2. The molecule has 6 nitrogen and oxygen atoms in total. The van der Waals surface area contributed by atoms with Crippen LogP contribution < -0.4 is 5.32 Å². The summed E-state index contributed by atoms with van der Waals surface area (Å²) in [4.78, 5) is 21.3. The van der Waals surface area contributed by atoms with Gasteiger partial charge in [-0.05, 0) is 19.4 Å². The van der Waals surface area contributed by atoms with Gasteiger partial charge in [0, 0.05) is 18.2 Å². The van der Waals surface area contributed by atoms with Crippen LogP contribution in [0.2, 0.25) is 0 Å². The van der Waals surface area contributed by atoms with Gasteiger partial charge in [-0.25, -0.2) is 4.79 Å². The van der Waals surface area contributed by atoms with Gasteiger partial charge in [-0.15, -0.1) is 0 Å². The average Bonchev–Trinajstić information content (AvgIpc) is 2.28. The van der Waals surface area contributed by atoms with E-state index in [-0.39, 0.29) is 12.2 Å². The average molecular weight is 238 g/mol. The molecule has 6 heteroatoms. The molecule has 0 saturated heterocycles. The maximum Gasteiger partial charge on any atom is 0.407 e. The molecule has 1 amide bonds. The lowest BCUT2D eigenvalue weighted by Gasteiger charge is -2.05. The molecular weight excluding hydrogens is 224 g/mol. The van der Waals surface area contributed by atoms with E-state index in [0.29, 0.717) is 17.7 Å². The van der Waals surface area contributed by atoms with Gasteiger partial charge in [0.25, 0.3) is 5.69 Å². The predicted molar refractivity (Wildman–Crippen MR) is 61.7 cm³/mol. The van der Waals surface area contributed by atoms with Crippen LogP contribution in [0.3, 0.4) is 0 Å². The SMILES string of the molecule is CCOC(=O)NCc1ccc(C)c([N+](=O)[O-])c1. The van der Waals surface area contributed by atoms with Crippen molar-refractivity contribution in [1.29, 1.82) is 0 Å². The Morgan fingerprint density at radius 1 is 1.53 bits per heavy atom. The minimum absolute atomic E-state index is 0.0492. The van der Waals surface area contributed by atoms with Gasteiger partial charge in [0.15, 0.2) is 0 Å². The summed E-state index contributed by atoms with van der Waals surface area (Å²) < 4.78 is 4.68. The number of rotatable bonds is 4. The van der Waals surface area contributed by atoms with Gasteiger partial charge in [0.05, 0.1) is 11.5 Å². The molecule has 92 valence electrons. The summed E-state index contributed by atoms with van der Waals surface area (Å²) in [6.07, 6.45) is -0.532. The molecule has 0 atom stereocenters. The molecule has 0 spiro atoms. The van der Waals surface area contributed by atoms with Gasteiger partial charge in [-0.3, -0.25) is 10.1 Å². The van der Waals surface area contributed by atoms with Crippen LogP contribution in [0.1, 0.15) is 18.1 Å². The van der Waals surface area contributed by atoms with Gasteiger partial charge >= 0.3 is 6.09 Å². The summed E-state index contributed by atoms with van der Waals surface area (Å²) in [6, 6.07) is 4.83. The van der Waals surface area contributed by atoms with E-state index in [1.807, 2.05) is 0 Å². The van der Waals surface area contributed by atoms with Crippen LogP contribution in [0.15, 0.2) is 18.2 Å². The number of aryl methyl sites for hydroxylation is 1. The fourth-order valence-corrected chi connectivity index (χ4v) is 1.32. The topological polar surface area (TPSA) is 81.5 Å². The lowest BCUT2D eigenvalue weighted by molar-refractivity contribution is -0.385. The Morgan fingerprint density at radius 2 is 2.24 bits per heavy atom. The van der Waals surface area contributed by atoms with Crippen LogP contribution in [0.4, 0.5) is 10.5 Å². The van der Waals surface area contributed by atoms with Gasteiger partial charge in [-0.1, -0.05) is 12.1 Å². The quantitative estimate of drug-likeness (QED) is 0.643. The second kappa shape index (κ2) is 5.83. The Morgan fingerprint density at radius 3 is 2.82 bits per heavy atom. The van der Waals surface area contributed by atoms with E-state index in [0.717, 1.165) is 0 Å². The third kappa shape index (κ3) is 3.75. The number of ether oxygens (including phenoxy) is 1. The molecule has 0 aliphatic heterocycles. The molecule has 0 unspecified atom stereocenters. The summed E-state index contributed by atoms with van der Waals surface area (Å²) in [5.74, 6) is 0. The summed E-state index contributed by atoms with van der Waals surface area (Å²) in [5.41, 5.74) is 1.30. The number of carbonyl (C=O) groups is 1. The number of amides is 1. The minimum atomic E-state index is -0.532. The summed E-state index contributed by atoms with van der Waals surface area (Å²) in [6.45, 7) is 3.87. The van der Waals surface area contributed by atoms with Crippen LogP contribution >= 0.6 is 0 Å². The monoisotopic (exact) mass is 238 g/mol. The van der Waals surface area contributed by atoms with Crippen molar-refractivity contribution < 1.29 is 14.5 Å². The molecule has 1 aromatic carbocycles. The van der Waals surface area contributed by atoms with E-state index >= 15 is 0 Å². The molecule has 0 aromatic heterocycles. The molecule has 0 saturated carbocycles. The highest BCUT2D eigenvalue weighted by Crippen LogP contribution is 2.18. The molecule has 0 fully saturated rings. The van der Waals surface area contributed by atoms with Crippen molar-refractivity contribution in [1.82, 2.24) is 5.32 Å². The predicted octanol–water partition coefficient (Wildman–Crippen LogP) is 2.15. The van der Waals surface area contributed by atoms with Crippen molar-refractivity contribution >= 4 is 11.8 Å². The first-order valence-electron chi connectivity index (χ1n) is 5.19. The minimum Gasteiger partial charge on any atom is -0.450 e. The van der Waals surface area contributed by atoms with E-state index in [1.54, 1.807) is 26.0 Å². The molecule has 0 radical (unpaired) electrons. The summed E-state index contributed by atoms with van der Waals surface area (Å²) in [7, 11) is 0. The Hall–Kier alpha value is -2.11. The number of nitro benzene ring substituents is 1. The number of nitrogens with zero attached hydrogens (tertiary/aromatic N) is 1. The Balaban J connectivity index is 2.69. The zero-order valence-corrected chi connectivity index (χ0v) is 9.73. The standard InChI is InChI=1S/C11H14N2O4/c1-3-17-11(14)12-7-9-5-4-8(2)10(6-9)13(15)16/h4-6H,3,7H2,1-2H3,(H,12,14). The van der Waals surface area contributed by atoms with Crippen LogP contribution in [0.5, 0.6) is 0 Å². The van der Waals surface area contributed by atoms with Crippen LogP contribution in [-0.4, -0.2) is 17.6 Å². The molecule has 0 aliphatic rings. The first-order valence-corrected chi connectivity index (χ1v) is 5.19. The number of hydrogen-bond acceptors (Lipinski definition) is 4. The molecule has 0 heterocycles. The van der Waals surface area contributed by atoms with Crippen molar-refractivity contribution in [2.75, 3.05) is 6.61 Å². The molecule has 1 N–H and O–H groups in total. The molecule has 1 rings (SSSR count). The van der Waals surface area contributed by atoms with E-state index in [4.69, 9.17) is 0 Å². The molecule has 0 bridgehead atoms. The third-order valence-electron chi connectivity index (χ3n) is 2.18. The number of benzene rings is 1. The van der Waals surface area contributed by atoms with Gasteiger partial charge in [-0.2, -0.15) is 0 Å². The van der Waals surface area contributed by atoms with E-state index < -0.39 is 11.0 Å². The number of carbonyl (C=O) groups excluding carboxylic acids is 1. The molecular formula is C11H14N2O4. The number of alkyl carbamates (subject to hydrolysis) is 1. The smallest absolute Gasteiger partial charge is 0.407 e. The fourth-order valence-electron chi connectivity index (χ4n) is 1.32. The van der Waals surface area contributed by atoms with Gasteiger partial charge in [0.2, 0.25) is 0 Å². The first kappa shape index (κ1) is 13.0. The number of hydrogen-bond donors (Lipinski definition) is 1. The number of nitro groups is 1. The highest BCUT2D eigenvalue weighted by atomic mass is 16.6. The van der Waals surface area contributed by atoms with Crippen molar-refractivity contribution in [2.24, 2.45) is 0 Å². The molecule has 1 aromatic rings. The lowest BCUT2D eigenvalue weighted by Crippen LogP contribution is -2.23. The van der Waals surface area contributed by atoms with Gasteiger partial charge in [0.1, 0.15) is 0 Å². The Bertz CT molecular complexity index is 431. The van der Waals surface area contributed by atoms with Crippen LogP contribution in [0.25, 0.3) is 0 Å². The third-order valence-corrected chi connectivity index (χ3v) is 2.18. The largest absolute Gasteiger partial charge is 0.450 e. The van der Waals surface area contributed by atoms with E-state index in [9.17, 15) is 14.9 Å². The van der Waals surface area contributed by atoms with E-state index in [1.165, 1.54) is 6.07 Å². The zero-order chi connectivity index (χ0) is 12.8. The van der Waals surface area contributed by atoms with Crippen LogP contribution in [-0.2, 0) is 11.3 Å². The maximum absolute atomic E-state index is 11.0. The highest BCUT2D eigenvalue weighted by molar-refractivity contribution is 5.67. The Kier molecular flexibility index (Phi) is 4.45. The normalized spacial score (nSPS) is 9.76. The molecule has 0 aliphatic carbocycles. The fraction of sp³-hybridized carbons (Fsp3) is 0.364. The van der Waals surface area contributed by atoms with E-state index in [2.05, 4.69) is 10.1 Å². The second-order valence-electron chi connectivity index (χ2n) is 3.45. The van der Waals surface area contributed by atoms with Crippen molar-refractivity contribution in [3.63, 3.8) is 0 Å².